The molecule has 1 aromatic heterocycles. The monoisotopic (exact) mass is 384 g/mol. The van der Waals surface area contributed by atoms with Crippen LogP contribution in [0.3, 0.4) is 0 Å². The van der Waals surface area contributed by atoms with Gasteiger partial charge in [0.2, 0.25) is 0 Å². The molecule has 0 aliphatic heterocycles. The smallest absolute Gasteiger partial charge is 0.257 e. The van der Waals surface area contributed by atoms with Gasteiger partial charge in [0, 0.05) is 16.2 Å². The van der Waals surface area contributed by atoms with E-state index in [1.165, 1.54) is 18.3 Å². The summed E-state index contributed by atoms with van der Waals surface area (Å²) in [6.07, 6.45) is 1.49. The summed E-state index contributed by atoms with van der Waals surface area (Å²) in [5.74, 6) is -0.901. The molecule has 0 radical (unpaired) electrons. The molecule has 0 aliphatic rings. The first-order valence-electron chi connectivity index (χ1n) is 7.33. The van der Waals surface area contributed by atoms with Gasteiger partial charge in [-0.25, -0.2) is 4.39 Å². The van der Waals surface area contributed by atoms with E-state index in [2.05, 4.69) is 26.2 Å². The van der Waals surface area contributed by atoms with Crippen molar-refractivity contribution in [3.05, 3.63) is 82.2 Å². The molecule has 1 amide bonds. The molecule has 3 rings (SSSR count). The SMILES string of the molecule is Cc1ccccc1-c1ccc(C(=O)Nc2ccc(Br)cc2F)cn1. The van der Waals surface area contributed by atoms with Crippen molar-refractivity contribution < 1.29 is 9.18 Å². The molecule has 24 heavy (non-hydrogen) atoms. The maximum Gasteiger partial charge on any atom is 0.257 e. The summed E-state index contributed by atoms with van der Waals surface area (Å²) in [7, 11) is 0. The predicted molar refractivity (Wildman–Crippen MR) is 96.5 cm³/mol. The molecule has 0 fully saturated rings. The largest absolute Gasteiger partial charge is 0.319 e. The highest BCUT2D eigenvalue weighted by atomic mass is 79.9. The number of nitrogens with zero attached hydrogens (tertiary/aromatic N) is 1. The normalized spacial score (nSPS) is 10.5. The average molecular weight is 385 g/mol. The Morgan fingerprint density at radius 1 is 1.12 bits per heavy atom. The van der Waals surface area contributed by atoms with E-state index in [1.54, 1.807) is 18.2 Å². The number of carbonyl (C=O) groups excluding carboxylic acids is 1. The van der Waals surface area contributed by atoms with Gasteiger partial charge in [0.15, 0.2) is 0 Å². The number of hydrogen-bond acceptors (Lipinski definition) is 2. The third-order valence-electron chi connectivity index (χ3n) is 3.63. The maximum atomic E-state index is 13.8. The average Bonchev–Trinajstić information content (AvgIpc) is 2.58. The second-order valence-corrected chi connectivity index (χ2v) is 6.24. The molecule has 0 saturated heterocycles. The quantitative estimate of drug-likeness (QED) is 0.673. The van der Waals surface area contributed by atoms with E-state index in [-0.39, 0.29) is 5.69 Å². The van der Waals surface area contributed by atoms with Gasteiger partial charge in [0.05, 0.1) is 16.9 Å². The van der Waals surface area contributed by atoms with Crippen molar-refractivity contribution in [1.82, 2.24) is 4.98 Å². The molecule has 0 aliphatic carbocycles. The Labute approximate surface area is 147 Å². The van der Waals surface area contributed by atoms with Crippen LogP contribution in [0.5, 0.6) is 0 Å². The second-order valence-electron chi connectivity index (χ2n) is 5.33. The zero-order valence-electron chi connectivity index (χ0n) is 12.9. The van der Waals surface area contributed by atoms with Crippen LogP contribution in [0.15, 0.2) is 65.3 Å². The molecule has 1 N–H and O–H groups in total. The third-order valence-corrected chi connectivity index (χ3v) is 4.12. The molecular weight excluding hydrogens is 371 g/mol. The molecule has 0 spiro atoms. The Morgan fingerprint density at radius 3 is 2.58 bits per heavy atom. The summed E-state index contributed by atoms with van der Waals surface area (Å²) in [6.45, 7) is 2.01. The molecule has 3 aromatic rings. The fraction of sp³-hybridized carbons (Fsp3) is 0.0526. The van der Waals surface area contributed by atoms with E-state index in [4.69, 9.17) is 0 Å². The number of carbonyl (C=O) groups is 1. The lowest BCUT2D eigenvalue weighted by atomic mass is 10.0. The van der Waals surface area contributed by atoms with Gasteiger partial charge in [-0.3, -0.25) is 9.78 Å². The number of hydrogen-bond donors (Lipinski definition) is 1. The fourth-order valence-electron chi connectivity index (χ4n) is 2.33. The molecule has 0 atom stereocenters. The van der Waals surface area contributed by atoms with Crippen LogP contribution in [0.1, 0.15) is 15.9 Å². The van der Waals surface area contributed by atoms with E-state index >= 15 is 0 Å². The number of rotatable bonds is 3. The second kappa shape index (κ2) is 6.93. The van der Waals surface area contributed by atoms with Gasteiger partial charge in [-0.15, -0.1) is 0 Å². The van der Waals surface area contributed by atoms with E-state index in [0.717, 1.165) is 16.8 Å². The highest BCUT2D eigenvalue weighted by molar-refractivity contribution is 9.10. The van der Waals surface area contributed by atoms with Crippen LogP contribution in [-0.4, -0.2) is 10.9 Å². The molecule has 1 heterocycles. The first-order chi connectivity index (χ1) is 11.5. The molecule has 5 heteroatoms. The van der Waals surface area contributed by atoms with Crippen LogP contribution in [0.25, 0.3) is 11.3 Å². The van der Waals surface area contributed by atoms with Gasteiger partial charge in [-0.05, 0) is 42.8 Å². The van der Waals surface area contributed by atoms with Gasteiger partial charge in [-0.2, -0.15) is 0 Å². The maximum absolute atomic E-state index is 13.8. The Balaban J connectivity index is 1.80. The van der Waals surface area contributed by atoms with Crippen molar-refractivity contribution in [3.63, 3.8) is 0 Å². The number of aryl methyl sites for hydroxylation is 1. The summed E-state index contributed by atoms with van der Waals surface area (Å²) in [6, 6.07) is 15.8. The van der Waals surface area contributed by atoms with Crippen LogP contribution in [0, 0.1) is 12.7 Å². The molecular formula is C19H14BrFN2O. The van der Waals surface area contributed by atoms with E-state index in [0.29, 0.717) is 10.0 Å². The summed E-state index contributed by atoms with van der Waals surface area (Å²) in [5, 5.41) is 2.55. The number of halogens is 2. The molecule has 0 saturated carbocycles. The Bertz CT molecular complexity index is 894. The highest BCUT2D eigenvalue weighted by Gasteiger charge is 2.11. The lowest BCUT2D eigenvalue weighted by Gasteiger charge is -2.08. The molecule has 0 bridgehead atoms. The van der Waals surface area contributed by atoms with Crippen LogP contribution < -0.4 is 5.32 Å². The minimum Gasteiger partial charge on any atom is -0.319 e. The number of nitrogens with one attached hydrogen (secondary N) is 1. The summed E-state index contributed by atoms with van der Waals surface area (Å²) < 4.78 is 14.4. The zero-order valence-corrected chi connectivity index (χ0v) is 14.5. The van der Waals surface area contributed by atoms with Gasteiger partial charge >= 0.3 is 0 Å². The molecule has 0 unspecified atom stereocenters. The number of pyridine rings is 1. The molecule has 2 aromatic carbocycles. The minimum absolute atomic E-state index is 0.131. The standard InChI is InChI=1S/C19H14BrFN2O/c1-12-4-2-3-5-15(12)17-8-6-13(11-22-17)19(24)23-18-9-7-14(20)10-16(18)21/h2-11H,1H3,(H,23,24). The summed E-state index contributed by atoms with van der Waals surface area (Å²) >= 11 is 3.18. The lowest BCUT2D eigenvalue weighted by molar-refractivity contribution is 0.102. The van der Waals surface area contributed by atoms with Crippen LogP contribution in [0.2, 0.25) is 0 Å². The fourth-order valence-corrected chi connectivity index (χ4v) is 2.67. The van der Waals surface area contributed by atoms with Crippen molar-refractivity contribution in [2.45, 2.75) is 6.92 Å². The van der Waals surface area contributed by atoms with Crippen molar-refractivity contribution in [2.75, 3.05) is 5.32 Å². The van der Waals surface area contributed by atoms with Gasteiger partial charge < -0.3 is 5.32 Å². The van der Waals surface area contributed by atoms with Gasteiger partial charge in [0.25, 0.3) is 5.91 Å². The van der Waals surface area contributed by atoms with Crippen LogP contribution in [0.4, 0.5) is 10.1 Å². The Kier molecular flexibility index (Phi) is 4.71. The number of amides is 1. The molecule has 120 valence electrons. The highest BCUT2D eigenvalue weighted by Crippen LogP contribution is 2.22. The van der Waals surface area contributed by atoms with E-state index < -0.39 is 11.7 Å². The predicted octanol–water partition coefficient (Wildman–Crippen LogP) is 5.21. The van der Waals surface area contributed by atoms with E-state index in [9.17, 15) is 9.18 Å². The Hall–Kier alpha value is -2.53. The first kappa shape index (κ1) is 16.3. The summed E-state index contributed by atoms with van der Waals surface area (Å²) in [4.78, 5) is 16.6. The number of aromatic nitrogens is 1. The Morgan fingerprint density at radius 2 is 1.92 bits per heavy atom. The lowest BCUT2D eigenvalue weighted by Crippen LogP contribution is -2.13. The molecule has 3 nitrogen and oxygen atoms in total. The van der Waals surface area contributed by atoms with E-state index in [1.807, 2.05) is 31.2 Å². The topological polar surface area (TPSA) is 42.0 Å². The van der Waals surface area contributed by atoms with Crippen LogP contribution >= 0.6 is 15.9 Å². The summed E-state index contributed by atoms with van der Waals surface area (Å²) in [5.41, 5.74) is 3.42. The zero-order chi connectivity index (χ0) is 17.1. The minimum atomic E-state index is -0.498. The van der Waals surface area contributed by atoms with Crippen molar-refractivity contribution >= 4 is 27.5 Å². The van der Waals surface area contributed by atoms with Crippen molar-refractivity contribution in [3.8, 4) is 11.3 Å². The van der Waals surface area contributed by atoms with Gasteiger partial charge in [-0.1, -0.05) is 40.2 Å². The first-order valence-corrected chi connectivity index (χ1v) is 8.12. The van der Waals surface area contributed by atoms with Gasteiger partial charge in [0.1, 0.15) is 5.82 Å². The third kappa shape index (κ3) is 3.51. The van der Waals surface area contributed by atoms with Crippen LogP contribution in [-0.2, 0) is 0 Å². The number of benzene rings is 2. The van der Waals surface area contributed by atoms with Crippen molar-refractivity contribution in [1.29, 1.82) is 0 Å². The van der Waals surface area contributed by atoms with Crippen molar-refractivity contribution in [2.24, 2.45) is 0 Å². The number of anilines is 1.